The predicted octanol–water partition coefficient (Wildman–Crippen LogP) is -0.408. The number of carbonyl (C=O) groups excluding carboxylic acids is 2. The lowest BCUT2D eigenvalue weighted by Gasteiger charge is -2.29. The molecule has 0 heterocycles. The minimum atomic E-state index is -1.15. The Labute approximate surface area is 182 Å². The largest absolute Gasteiger partial charge is 0.508 e. The molecule has 0 unspecified atom stereocenters. The van der Waals surface area contributed by atoms with E-state index in [9.17, 15) is 14.7 Å². The number of carbonyl (C=O) groups is 2. The fourth-order valence-electron chi connectivity index (χ4n) is 3.77. The lowest BCUT2D eigenvalue weighted by molar-refractivity contribution is -0.145. The van der Waals surface area contributed by atoms with E-state index in [2.05, 4.69) is 16.0 Å². The Bertz CT molecular complexity index is 740. The van der Waals surface area contributed by atoms with E-state index in [-0.39, 0.29) is 17.6 Å². The highest BCUT2D eigenvalue weighted by Crippen LogP contribution is 2.39. The summed E-state index contributed by atoms with van der Waals surface area (Å²) in [7, 11) is -0.559. The quantitative estimate of drug-likeness (QED) is 0.0587. The Morgan fingerprint density at radius 1 is 1.16 bits per heavy atom. The molecule has 2 rings (SSSR count). The van der Waals surface area contributed by atoms with E-state index in [0.717, 1.165) is 18.4 Å². The van der Waals surface area contributed by atoms with Gasteiger partial charge in [0.2, 0.25) is 11.8 Å². The van der Waals surface area contributed by atoms with Gasteiger partial charge in [0.25, 0.3) is 0 Å². The van der Waals surface area contributed by atoms with Crippen molar-refractivity contribution >= 4 is 25.5 Å². The number of rotatable bonds is 12. The molecule has 8 N–H and O–H groups in total. The summed E-state index contributed by atoms with van der Waals surface area (Å²) in [6.45, 7) is 0.811. The highest BCUT2D eigenvalue weighted by Gasteiger charge is 2.48. The summed E-state index contributed by atoms with van der Waals surface area (Å²) in [6.07, 6.45) is 3.28. The van der Waals surface area contributed by atoms with E-state index in [1.807, 2.05) is 0 Å². The summed E-state index contributed by atoms with van der Waals surface area (Å²) in [6, 6.07) is 6.77. The fourth-order valence-corrected chi connectivity index (χ4v) is 3.77. The smallest absolute Gasteiger partial charge is 0.436 e. The van der Waals surface area contributed by atoms with Crippen molar-refractivity contribution in [3.63, 3.8) is 0 Å². The third-order valence-electron chi connectivity index (χ3n) is 5.49. The van der Waals surface area contributed by atoms with Crippen molar-refractivity contribution in [1.82, 2.24) is 16.0 Å². The van der Waals surface area contributed by atoms with Crippen molar-refractivity contribution < 1.29 is 24.4 Å². The maximum atomic E-state index is 13.1. The molecule has 1 fully saturated rings. The molecule has 1 aromatic carbocycles. The number of phenols is 1. The van der Waals surface area contributed by atoms with Crippen molar-refractivity contribution in [3.05, 3.63) is 29.8 Å². The molecule has 0 saturated heterocycles. The molecule has 11 heteroatoms. The second-order valence-electron chi connectivity index (χ2n) is 7.70. The first kappa shape index (κ1) is 24.5. The first-order valence-electron chi connectivity index (χ1n) is 10.5. The van der Waals surface area contributed by atoms with Gasteiger partial charge in [-0.2, -0.15) is 0 Å². The molecule has 0 bridgehead atoms. The van der Waals surface area contributed by atoms with Crippen LogP contribution in [0.5, 0.6) is 5.75 Å². The third-order valence-corrected chi connectivity index (χ3v) is 5.49. The Morgan fingerprint density at radius 2 is 1.84 bits per heavy atom. The first-order valence-corrected chi connectivity index (χ1v) is 10.5. The van der Waals surface area contributed by atoms with Gasteiger partial charge < -0.3 is 36.5 Å². The van der Waals surface area contributed by atoms with Gasteiger partial charge >= 0.3 is 7.69 Å². The van der Waals surface area contributed by atoms with Crippen LogP contribution in [0, 0.1) is 10.8 Å². The van der Waals surface area contributed by atoms with Crippen molar-refractivity contribution in [2.24, 2.45) is 11.1 Å². The first-order chi connectivity index (χ1) is 14.9. The van der Waals surface area contributed by atoms with Crippen LogP contribution in [0.3, 0.4) is 0 Å². The second kappa shape index (κ2) is 12.2. The number of benzene rings is 1. The van der Waals surface area contributed by atoms with Crippen LogP contribution in [-0.2, 0) is 20.7 Å². The fraction of sp³-hybridized carbons (Fsp3) is 0.550. The molecule has 1 atom stereocenters. The van der Waals surface area contributed by atoms with Crippen LogP contribution in [0.15, 0.2) is 24.3 Å². The average Bonchev–Trinajstić information content (AvgIpc) is 3.24. The lowest BCUT2D eigenvalue weighted by atomic mass is 9.83. The molecule has 0 aliphatic heterocycles. The van der Waals surface area contributed by atoms with Gasteiger partial charge in [-0.3, -0.25) is 15.0 Å². The summed E-state index contributed by atoms with van der Waals surface area (Å²) in [5.41, 5.74) is 5.06. The number of hydrogen-bond acceptors (Lipinski definition) is 6. The van der Waals surface area contributed by atoms with Crippen molar-refractivity contribution in [2.45, 2.75) is 51.2 Å². The zero-order valence-corrected chi connectivity index (χ0v) is 17.7. The van der Waals surface area contributed by atoms with Gasteiger partial charge in [0.05, 0.1) is 0 Å². The van der Waals surface area contributed by atoms with Crippen LogP contribution < -0.4 is 21.7 Å². The van der Waals surface area contributed by atoms with Crippen LogP contribution in [0.4, 0.5) is 0 Å². The van der Waals surface area contributed by atoms with Gasteiger partial charge in [-0.1, -0.05) is 25.0 Å². The number of nitrogens with two attached hydrogens (primary N) is 1. The molecular weight excluding hydrogens is 401 g/mol. The van der Waals surface area contributed by atoms with Gasteiger partial charge in [-0.05, 0) is 49.8 Å². The summed E-state index contributed by atoms with van der Waals surface area (Å²) < 4.78 is 5.21. The average molecular weight is 433 g/mol. The molecule has 1 aromatic rings. The van der Waals surface area contributed by atoms with Crippen molar-refractivity contribution in [2.75, 3.05) is 13.1 Å². The SMILES string of the molecule is N=C(N)NCCC[C@H](NC(=O)C1(C(=O)NCCc2ccc(O)cc2)CCCC1)OBO. The summed E-state index contributed by atoms with van der Waals surface area (Å²) in [5, 5.41) is 33.9. The van der Waals surface area contributed by atoms with E-state index in [1.54, 1.807) is 24.3 Å². The topological polar surface area (TPSA) is 170 Å². The number of nitrogens with one attached hydrogen (secondary N) is 4. The van der Waals surface area contributed by atoms with E-state index < -0.39 is 25.2 Å². The zero-order chi connectivity index (χ0) is 22.7. The van der Waals surface area contributed by atoms with Crippen LogP contribution in [0.2, 0.25) is 0 Å². The van der Waals surface area contributed by atoms with Crippen molar-refractivity contribution in [1.29, 1.82) is 5.41 Å². The Balaban J connectivity index is 1.92. The van der Waals surface area contributed by atoms with E-state index >= 15 is 0 Å². The van der Waals surface area contributed by atoms with Gasteiger partial charge in [-0.15, -0.1) is 0 Å². The minimum Gasteiger partial charge on any atom is -0.508 e. The molecule has 0 radical (unpaired) electrons. The van der Waals surface area contributed by atoms with Gasteiger partial charge in [-0.25, -0.2) is 0 Å². The van der Waals surface area contributed by atoms with E-state index in [0.29, 0.717) is 45.2 Å². The Hall–Kier alpha value is -2.79. The zero-order valence-electron chi connectivity index (χ0n) is 17.7. The maximum Gasteiger partial charge on any atom is 0.436 e. The molecule has 2 amide bonds. The number of phenolic OH excluding ortho intramolecular Hbond substituents is 1. The van der Waals surface area contributed by atoms with Crippen LogP contribution in [0.1, 0.15) is 44.1 Å². The van der Waals surface area contributed by atoms with Crippen LogP contribution in [0.25, 0.3) is 0 Å². The molecule has 0 spiro atoms. The number of amides is 2. The summed E-state index contributed by atoms with van der Waals surface area (Å²) in [5.74, 6) is -0.656. The Morgan fingerprint density at radius 3 is 2.45 bits per heavy atom. The molecular formula is C20H32BN5O5. The standard InChI is InChI=1S/C20H32BN5O5/c22-19(23)25-12-3-4-16(31-21-30)26-18(29)20(10-1-2-11-20)17(28)24-13-9-14-5-7-15(27)8-6-14/h5-8,16,21,27,30H,1-4,9-13H2,(H,24,28)(H,26,29)(H4,22,23,25)/t16-/m1/s1. The Kier molecular flexibility index (Phi) is 9.61. The van der Waals surface area contributed by atoms with Gasteiger partial charge in [0, 0.05) is 13.1 Å². The van der Waals surface area contributed by atoms with E-state index in [4.69, 9.17) is 20.8 Å². The number of guanidine groups is 1. The highest BCUT2D eigenvalue weighted by atomic mass is 16.5. The van der Waals surface area contributed by atoms with Gasteiger partial charge in [0.1, 0.15) is 17.4 Å². The highest BCUT2D eigenvalue weighted by molar-refractivity contribution is 6.16. The number of hydrogen-bond donors (Lipinski definition) is 7. The molecule has 31 heavy (non-hydrogen) atoms. The maximum absolute atomic E-state index is 13.1. The lowest BCUT2D eigenvalue weighted by Crippen LogP contribution is -2.53. The molecule has 10 nitrogen and oxygen atoms in total. The van der Waals surface area contributed by atoms with Crippen molar-refractivity contribution in [3.8, 4) is 5.75 Å². The summed E-state index contributed by atoms with van der Waals surface area (Å²) >= 11 is 0. The normalized spacial score (nSPS) is 15.6. The molecule has 1 aliphatic carbocycles. The summed E-state index contributed by atoms with van der Waals surface area (Å²) in [4.78, 5) is 26.1. The van der Waals surface area contributed by atoms with Crippen LogP contribution in [-0.4, -0.2) is 54.9 Å². The van der Waals surface area contributed by atoms with E-state index in [1.165, 1.54) is 0 Å². The molecule has 1 aliphatic rings. The molecule has 170 valence electrons. The predicted molar refractivity (Wildman–Crippen MR) is 117 cm³/mol. The minimum absolute atomic E-state index is 0.141. The van der Waals surface area contributed by atoms with Gasteiger partial charge in [0.15, 0.2) is 5.96 Å². The number of aromatic hydroxyl groups is 1. The molecule has 0 aromatic heterocycles. The monoisotopic (exact) mass is 433 g/mol. The second-order valence-corrected chi connectivity index (χ2v) is 7.70. The van der Waals surface area contributed by atoms with Crippen LogP contribution >= 0.6 is 0 Å². The third kappa shape index (κ3) is 7.44. The molecule has 1 saturated carbocycles.